The van der Waals surface area contributed by atoms with E-state index in [0.29, 0.717) is 5.95 Å². The first kappa shape index (κ1) is 14.4. The predicted molar refractivity (Wildman–Crippen MR) is 95.1 cm³/mol. The molecule has 1 aromatic carbocycles. The molecule has 3 rings (SSSR count). The second kappa shape index (κ2) is 6.07. The lowest BCUT2D eigenvalue weighted by molar-refractivity contribution is 1.16. The van der Waals surface area contributed by atoms with Gasteiger partial charge in [-0.05, 0) is 66.8 Å². The fraction of sp³-hybridized carbons (Fsp3) is 0.133. The minimum absolute atomic E-state index is 0.596. The molecule has 21 heavy (non-hydrogen) atoms. The van der Waals surface area contributed by atoms with Crippen molar-refractivity contribution in [3.8, 4) is 10.6 Å². The predicted octanol–water partition coefficient (Wildman–Crippen LogP) is 4.57. The number of hydrogen-bond acceptors (Lipinski definition) is 5. The molecule has 0 atom stereocenters. The molecule has 1 N–H and O–H groups in total. The van der Waals surface area contributed by atoms with Crippen molar-refractivity contribution in [1.29, 1.82) is 0 Å². The Morgan fingerprint density at radius 1 is 1.05 bits per heavy atom. The number of anilines is 2. The van der Waals surface area contributed by atoms with Gasteiger partial charge in [-0.15, -0.1) is 11.3 Å². The first-order chi connectivity index (χ1) is 10.1. The van der Waals surface area contributed by atoms with Crippen molar-refractivity contribution >= 4 is 45.6 Å². The summed E-state index contributed by atoms with van der Waals surface area (Å²) in [6.07, 6.45) is 1.77. The lowest BCUT2D eigenvalue weighted by Crippen LogP contribution is -1.97. The quantitative estimate of drug-likeness (QED) is 0.646. The fourth-order valence-corrected chi connectivity index (χ4v) is 3.23. The molecule has 0 saturated heterocycles. The first-order valence-corrected chi connectivity index (χ1v) is 8.31. The molecular formula is C15H13IN4S. The maximum absolute atomic E-state index is 4.58. The summed E-state index contributed by atoms with van der Waals surface area (Å²) in [5, 5.41) is 4.28. The second-order valence-electron chi connectivity index (χ2n) is 4.54. The smallest absolute Gasteiger partial charge is 0.227 e. The van der Waals surface area contributed by atoms with Gasteiger partial charge in [0.2, 0.25) is 5.95 Å². The molecule has 6 heteroatoms. The van der Waals surface area contributed by atoms with Crippen LogP contribution in [0.4, 0.5) is 11.6 Å². The van der Waals surface area contributed by atoms with Crippen LogP contribution in [-0.2, 0) is 0 Å². The Morgan fingerprint density at radius 2 is 1.81 bits per heavy atom. The van der Waals surface area contributed by atoms with E-state index in [1.54, 1.807) is 17.5 Å². The maximum Gasteiger partial charge on any atom is 0.227 e. The third-order valence-electron chi connectivity index (χ3n) is 2.89. The fourth-order valence-electron chi connectivity index (χ4n) is 1.98. The van der Waals surface area contributed by atoms with Crippen LogP contribution in [0.3, 0.4) is 0 Å². The molecule has 0 fully saturated rings. The lowest BCUT2D eigenvalue weighted by atomic mass is 10.3. The van der Waals surface area contributed by atoms with Gasteiger partial charge in [-0.3, -0.25) is 0 Å². The highest BCUT2D eigenvalue weighted by Crippen LogP contribution is 2.28. The third-order valence-corrected chi connectivity index (χ3v) is 4.71. The van der Waals surface area contributed by atoms with Gasteiger partial charge in [-0.1, -0.05) is 0 Å². The van der Waals surface area contributed by atoms with E-state index in [1.165, 1.54) is 3.57 Å². The number of hydrogen-bond donors (Lipinski definition) is 1. The van der Waals surface area contributed by atoms with Gasteiger partial charge >= 0.3 is 0 Å². The summed E-state index contributed by atoms with van der Waals surface area (Å²) < 4.78 is 1.20. The van der Waals surface area contributed by atoms with Crippen molar-refractivity contribution < 1.29 is 0 Å². The average Bonchev–Trinajstić information content (AvgIpc) is 2.81. The van der Waals surface area contributed by atoms with E-state index < -0.39 is 0 Å². The molecule has 0 aliphatic heterocycles. The minimum Gasteiger partial charge on any atom is -0.324 e. The summed E-state index contributed by atoms with van der Waals surface area (Å²) in [5.74, 6) is 0.596. The third kappa shape index (κ3) is 3.38. The van der Waals surface area contributed by atoms with Crippen molar-refractivity contribution in [2.75, 3.05) is 5.32 Å². The zero-order chi connectivity index (χ0) is 14.8. The molecule has 0 unspecified atom stereocenters. The van der Waals surface area contributed by atoms with E-state index in [0.717, 1.165) is 27.0 Å². The average molecular weight is 408 g/mol. The van der Waals surface area contributed by atoms with Crippen LogP contribution in [-0.4, -0.2) is 15.0 Å². The number of aromatic nitrogens is 3. The molecular weight excluding hydrogens is 395 g/mol. The molecule has 0 saturated carbocycles. The van der Waals surface area contributed by atoms with Crippen LogP contribution in [0.25, 0.3) is 10.6 Å². The highest BCUT2D eigenvalue weighted by molar-refractivity contribution is 14.1. The van der Waals surface area contributed by atoms with Crippen molar-refractivity contribution in [3.63, 3.8) is 0 Å². The summed E-state index contributed by atoms with van der Waals surface area (Å²) in [7, 11) is 0. The van der Waals surface area contributed by atoms with Crippen molar-refractivity contribution in [3.05, 3.63) is 50.8 Å². The molecule has 3 aromatic rings. The Bertz CT molecular complexity index is 768. The molecule has 2 heterocycles. The number of rotatable bonds is 3. The van der Waals surface area contributed by atoms with Gasteiger partial charge in [0.15, 0.2) is 0 Å². The van der Waals surface area contributed by atoms with Crippen LogP contribution in [0.15, 0.2) is 36.5 Å². The zero-order valence-corrected chi connectivity index (χ0v) is 14.6. The molecule has 0 spiro atoms. The maximum atomic E-state index is 4.58. The summed E-state index contributed by atoms with van der Waals surface area (Å²) in [6, 6.07) is 10.0. The molecule has 106 valence electrons. The summed E-state index contributed by atoms with van der Waals surface area (Å²) in [5.41, 5.74) is 2.89. The molecule has 0 amide bonds. The summed E-state index contributed by atoms with van der Waals surface area (Å²) in [6.45, 7) is 4.01. The van der Waals surface area contributed by atoms with Crippen LogP contribution >= 0.6 is 33.9 Å². The van der Waals surface area contributed by atoms with E-state index in [2.05, 4.69) is 42.9 Å². The van der Waals surface area contributed by atoms with Crippen LogP contribution in [0.2, 0.25) is 0 Å². The van der Waals surface area contributed by atoms with E-state index in [9.17, 15) is 0 Å². The van der Waals surface area contributed by atoms with Gasteiger partial charge in [-0.25, -0.2) is 15.0 Å². The van der Waals surface area contributed by atoms with Crippen molar-refractivity contribution in [2.45, 2.75) is 13.8 Å². The number of nitrogens with one attached hydrogen (secondary N) is 1. The molecule has 4 nitrogen and oxygen atoms in total. The standard InChI is InChI=1S/C15H13IN4S/c1-9-14(21-10(2)18-9)13-7-8-17-15(20-13)19-12-5-3-11(16)4-6-12/h3-8H,1-2H3,(H,17,19,20). The van der Waals surface area contributed by atoms with Gasteiger partial charge in [0.1, 0.15) is 0 Å². The number of thiazole rings is 1. The number of benzene rings is 1. The molecule has 0 radical (unpaired) electrons. The molecule has 2 aromatic heterocycles. The minimum atomic E-state index is 0.596. The van der Waals surface area contributed by atoms with Gasteiger partial charge in [0, 0.05) is 15.5 Å². The normalized spacial score (nSPS) is 10.6. The Balaban J connectivity index is 1.89. The number of aryl methyl sites for hydroxylation is 2. The van der Waals surface area contributed by atoms with E-state index in [-0.39, 0.29) is 0 Å². The summed E-state index contributed by atoms with van der Waals surface area (Å²) in [4.78, 5) is 14.4. The Labute approximate surface area is 140 Å². The number of halogens is 1. The largest absolute Gasteiger partial charge is 0.324 e. The number of nitrogens with zero attached hydrogens (tertiary/aromatic N) is 3. The van der Waals surface area contributed by atoms with Crippen LogP contribution in [0.1, 0.15) is 10.7 Å². The van der Waals surface area contributed by atoms with Gasteiger partial charge < -0.3 is 5.32 Å². The SMILES string of the molecule is Cc1nc(C)c(-c2ccnc(Nc3ccc(I)cc3)n2)s1. The van der Waals surface area contributed by atoms with Gasteiger partial charge in [0.25, 0.3) is 0 Å². The van der Waals surface area contributed by atoms with Crippen LogP contribution in [0.5, 0.6) is 0 Å². The highest BCUT2D eigenvalue weighted by Gasteiger charge is 2.10. The van der Waals surface area contributed by atoms with E-state index in [1.807, 2.05) is 44.2 Å². The molecule has 0 aliphatic carbocycles. The van der Waals surface area contributed by atoms with Crippen molar-refractivity contribution in [1.82, 2.24) is 15.0 Å². The summed E-state index contributed by atoms with van der Waals surface area (Å²) >= 11 is 3.94. The Hall–Kier alpha value is -1.54. The van der Waals surface area contributed by atoms with Gasteiger partial charge in [0.05, 0.1) is 21.3 Å². The molecule has 0 bridgehead atoms. The van der Waals surface area contributed by atoms with E-state index >= 15 is 0 Å². The monoisotopic (exact) mass is 408 g/mol. The Kier molecular flexibility index (Phi) is 4.16. The molecule has 0 aliphatic rings. The van der Waals surface area contributed by atoms with Crippen LogP contribution in [0, 0.1) is 17.4 Å². The van der Waals surface area contributed by atoms with E-state index in [4.69, 9.17) is 0 Å². The van der Waals surface area contributed by atoms with Gasteiger partial charge in [-0.2, -0.15) is 0 Å². The zero-order valence-electron chi connectivity index (χ0n) is 11.6. The second-order valence-corrected chi connectivity index (χ2v) is 6.99. The highest BCUT2D eigenvalue weighted by atomic mass is 127. The first-order valence-electron chi connectivity index (χ1n) is 6.42. The van der Waals surface area contributed by atoms with Crippen LogP contribution < -0.4 is 5.32 Å². The Morgan fingerprint density at radius 3 is 2.48 bits per heavy atom. The topological polar surface area (TPSA) is 50.7 Å². The van der Waals surface area contributed by atoms with Crippen molar-refractivity contribution in [2.24, 2.45) is 0 Å². The lowest BCUT2D eigenvalue weighted by Gasteiger charge is -2.06.